The summed E-state index contributed by atoms with van der Waals surface area (Å²) < 4.78 is 1.65. The predicted molar refractivity (Wildman–Crippen MR) is 66.9 cm³/mol. The molecule has 1 fully saturated rings. The summed E-state index contributed by atoms with van der Waals surface area (Å²) in [5, 5.41) is 7.33. The van der Waals surface area contributed by atoms with Crippen molar-refractivity contribution in [1.29, 1.82) is 0 Å². The van der Waals surface area contributed by atoms with Crippen LogP contribution in [0, 0.1) is 6.92 Å². The molecule has 0 radical (unpaired) electrons. The zero-order valence-electron chi connectivity index (χ0n) is 10.7. The van der Waals surface area contributed by atoms with Crippen LogP contribution in [0.3, 0.4) is 0 Å². The van der Waals surface area contributed by atoms with Crippen LogP contribution < -0.4 is 5.32 Å². The SMILES string of the molecule is Cc1cc(C(=O)NC2CCCCCC2)n(C)n1. The van der Waals surface area contributed by atoms with Crippen molar-refractivity contribution in [2.45, 2.75) is 51.5 Å². The zero-order chi connectivity index (χ0) is 12.3. The largest absolute Gasteiger partial charge is 0.348 e. The number of aromatic nitrogens is 2. The van der Waals surface area contributed by atoms with Crippen molar-refractivity contribution in [3.05, 3.63) is 17.5 Å². The Kier molecular flexibility index (Phi) is 3.82. The maximum absolute atomic E-state index is 12.1. The van der Waals surface area contributed by atoms with E-state index in [1.165, 1.54) is 25.7 Å². The first kappa shape index (κ1) is 12.1. The Bertz CT molecular complexity index is 389. The lowest BCUT2D eigenvalue weighted by molar-refractivity contribution is 0.0924. The summed E-state index contributed by atoms with van der Waals surface area (Å²) >= 11 is 0. The van der Waals surface area contributed by atoms with Crippen LogP contribution in [-0.4, -0.2) is 21.7 Å². The molecule has 0 saturated heterocycles. The van der Waals surface area contributed by atoms with Crippen LogP contribution in [-0.2, 0) is 7.05 Å². The minimum atomic E-state index is 0.0139. The number of aryl methyl sites for hydroxylation is 2. The van der Waals surface area contributed by atoms with Crippen molar-refractivity contribution in [3.8, 4) is 0 Å². The molecule has 0 atom stereocenters. The molecule has 0 spiro atoms. The minimum absolute atomic E-state index is 0.0139. The number of nitrogens with one attached hydrogen (secondary N) is 1. The van der Waals surface area contributed by atoms with Crippen LogP contribution >= 0.6 is 0 Å². The van der Waals surface area contributed by atoms with E-state index in [2.05, 4.69) is 10.4 Å². The van der Waals surface area contributed by atoms with Gasteiger partial charge in [-0.05, 0) is 25.8 Å². The Morgan fingerprint density at radius 3 is 2.53 bits per heavy atom. The molecule has 94 valence electrons. The Morgan fingerprint density at radius 1 is 1.35 bits per heavy atom. The Labute approximate surface area is 102 Å². The highest BCUT2D eigenvalue weighted by Gasteiger charge is 2.18. The topological polar surface area (TPSA) is 46.9 Å². The van der Waals surface area contributed by atoms with Gasteiger partial charge in [0.2, 0.25) is 0 Å². The third-order valence-corrected chi connectivity index (χ3v) is 3.43. The van der Waals surface area contributed by atoms with Crippen LogP contribution in [0.5, 0.6) is 0 Å². The van der Waals surface area contributed by atoms with Crippen molar-refractivity contribution < 1.29 is 4.79 Å². The highest BCUT2D eigenvalue weighted by Crippen LogP contribution is 2.17. The molecular formula is C13H21N3O. The highest BCUT2D eigenvalue weighted by molar-refractivity contribution is 5.92. The fourth-order valence-electron chi connectivity index (χ4n) is 2.51. The fraction of sp³-hybridized carbons (Fsp3) is 0.692. The average molecular weight is 235 g/mol. The number of rotatable bonds is 2. The van der Waals surface area contributed by atoms with Crippen molar-refractivity contribution in [2.75, 3.05) is 0 Å². The van der Waals surface area contributed by atoms with E-state index in [1.54, 1.807) is 4.68 Å². The maximum Gasteiger partial charge on any atom is 0.269 e. The van der Waals surface area contributed by atoms with E-state index in [0.29, 0.717) is 11.7 Å². The molecule has 0 aromatic carbocycles. The van der Waals surface area contributed by atoms with Gasteiger partial charge in [0.05, 0.1) is 5.69 Å². The molecule has 1 aliphatic carbocycles. The number of amides is 1. The quantitative estimate of drug-likeness (QED) is 0.799. The fourth-order valence-corrected chi connectivity index (χ4v) is 2.51. The molecule has 0 unspecified atom stereocenters. The Balaban J connectivity index is 1.98. The third kappa shape index (κ3) is 3.08. The Morgan fingerprint density at radius 2 is 2.00 bits per heavy atom. The van der Waals surface area contributed by atoms with Crippen LogP contribution in [0.4, 0.5) is 0 Å². The van der Waals surface area contributed by atoms with E-state index < -0.39 is 0 Å². The van der Waals surface area contributed by atoms with Gasteiger partial charge < -0.3 is 5.32 Å². The summed E-state index contributed by atoms with van der Waals surface area (Å²) in [5.41, 5.74) is 1.55. The van der Waals surface area contributed by atoms with Gasteiger partial charge in [0.25, 0.3) is 5.91 Å². The lowest BCUT2D eigenvalue weighted by Crippen LogP contribution is -2.35. The van der Waals surface area contributed by atoms with E-state index in [4.69, 9.17) is 0 Å². The van der Waals surface area contributed by atoms with Gasteiger partial charge in [-0.15, -0.1) is 0 Å². The second-order valence-corrected chi connectivity index (χ2v) is 4.96. The van der Waals surface area contributed by atoms with E-state index in [0.717, 1.165) is 18.5 Å². The summed E-state index contributed by atoms with van der Waals surface area (Å²) in [5.74, 6) is 0.0139. The van der Waals surface area contributed by atoms with Crippen molar-refractivity contribution in [3.63, 3.8) is 0 Å². The number of carbonyl (C=O) groups excluding carboxylic acids is 1. The molecule has 1 amide bonds. The van der Waals surface area contributed by atoms with Gasteiger partial charge in [0.1, 0.15) is 5.69 Å². The normalized spacial score (nSPS) is 17.8. The molecule has 4 nitrogen and oxygen atoms in total. The highest BCUT2D eigenvalue weighted by atomic mass is 16.2. The second-order valence-electron chi connectivity index (χ2n) is 4.96. The first-order valence-electron chi connectivity index (χ1n) is 6.48. The van der Waals surface area contributed by atoms with E-state index in [1.807, 2.05) is 20.0 Å². The van der Waals surface area contributed by atoms with Crippen LogP contribution in [0.2, 0.25) is 0 Å². The first-order valence-corrected chi connectivity index (χ1v) is 6.48. The molecule has 2 rings (SSSR count). The third-order valence-electron chi connectivity index (χ3n) is 3.43. The van der Waals surface area contributed by atoms with Gasteiger partial charge in [-0.3, -0.25) is 9.48 Å². The number of nitrogens with zero attached hydrogens (tertiary/aromatic N) is 2. The smallest absolute Gasteiger partial charge is 0.269 e. The standard InChI is InChI=1S/C13H21N3O/c1-10-9-12(16(2)15-10)13(17)14-11-7-5-3-4-6-8-11/h9,11H,3-8H2,1-2H3,(H,14,17). The predicted octanol–water partition coefficient (Wildman–Crippen LogP) is 2.18. The molecule has 1 saturated carbocycles. The molecule has 1 aromatic heterocycles. The molecule has 4 heteroatoms. The molecule has 0 aliphatic heterocycles. The number of hydrogen-bond donors (Lipinski definition) is 1. The Hall–Kier alpha value is -1.32. The van der Waals surface area contributed by atoms with Crippen molar-refractivity contribution >= 4 is 5.91 Å². The van der Waals surface area contributed by atoms with Gasteiger partial charge >= 0.3 is 0 Å². The van der Waals surface area contributed by atoms with Crippen LogP contribution in [0.1, 0.15) is 54.7 Å². The van der Waals surface area contributed by atoms with Gasteiger partial charge in [0, 0.05) is 13.1 Å². The first-order chi connectivity index (χ1) is 8.16. The lowest BCUT2D eigenvalue weighted by atomic mass is 10.1. The zero-order valence-corrected chi connectivity index (χ0v) is 10.7. The summed E-state index contributed by atoms with van der Waals surface area (Å²) in [6.07, 6.45) is 7.30. The van der Waals surface area contributed by atoms with Gasteiger partial charge in [-0.2, -0.15) is 5.10 Å². The van der Waals surface area contributed by atoms with E-state index in [9.17, 15) is 4.79 Å². The molecule has 1 aromatic rings. The molecule has 1 heterocycles. The summed E-state index contributed by atoms with van der Waals surface area (Å²) in [7, 11) is 1.81. The minimum Gasteiger partial charge on any atom is -0.348 e. The lowest BCUT2D eigenvalue weighted by Gasteiger charge is -2.15. The molecule has 0 bridgehead atoms. The van der Waals surface area contributed by atoms with Gasteiger partial charge in [-0.1, -0.05) is 25.7 Å². The van der Waals surface area contributed by atoms with Crippen molar-refractivity contribution in [1.82, 2.24) is 15.1 Å². The average Bonchev–Trinajstić information content (AvgIpc) is 2.51. The van der Waals surface area contributed by atoms with Crippen LogP contribution in [0.15, 0.2) is 6.07 Å². The van der Waals surface area contributed by atoms with Gasteiger partial charge in [0.15, 0.2) is 0 Å². The van der Waals surface area contributed by atoms with Gasteiger partial charge in [-0.25, -0.2) is 0 Å². The second kappa shape index (κ2) is 5.34. The maximum atomic E-state index is 12.1. The molecular weight excluding hydrogens is 214 g/mol. The molecule has 1 N–H and O–H groups in total. The summed E-state index contributed by atoms with van der Waals surface area (Å²) in [6, 6.07) is 2.19. The van der Waals surface area contributed by atoms with Crippen LogP contribution in [0.25, 0.3) is 0 Å². The van der Waals surface area contributed by atoms with Crippen molar-refractivity contribution in [2.24, 2.45) is 7.05 Å². The molecule has 17 heavy (non-hydrogen) atoms. The van der Waals surface area contributed by atoms with E-state index in [-0.39, 0.29) is 5.91 Å². The van der Waals surface area contributed by atoms with E-state index >= 15 is 0 Å². The number of hydrogen-bond acceptors (Lipinski definition) is 2. The molecule has 1 aliphatic rings. The monoisotopic (exact) mass is 235 g/mol. The summed E-state index contributed by atoms with van der Waals surface area (Å²) in [4.78, 5) is 12.1. The number of carbonyl (C=O) groups is 1. The summed E-state index contributed by atoms with van der Waals surface area (Å²) in [6.45, 7) is 1.91.